The molecule has 13 nitrogen and oxygen atoms in total. The van der Waals surface area contributed by atoms with Crippen LogP contribution in [0.25, 0.3) is 0 Å². The molecule has 0 rings (SSSR count). The van der Waals surface area contributed by atoms with E-state index in [1.165, 1.54) is 0 Å². The normalized spacial score (nSPS) is 13.1. The van der Waals surface area contributed by atoms with Crippen LogP contribution in [0.1, 0.15) is 12.8 Å². The molecule has 0 aromatic heterocycles. The zero-order valence-corrected chi connectivity index (χ0v) is 11.6. The second-order valence-corrected chi connectivity index (χ2v) is 6.67. The Hall–Kier alpha value is -1.57. The molecule has 0 aromatic rings. The summed E-state index contributed by atoms with van der Waals surface area (Å²) in [7, 11) is -12.1. The molecule has 0 bridgehead atoms. The fraction of sp³-hybridized carbons (Fsp3) is 0.500. The SMILES string of the molecule is O=C(O)CC(CC(=O)O)(C(=O)O)N(P(=O)(O)O)S(=O)(=O)O. The molecule has 15 heteroatoms. The molecule has 0 aliphatic heterocycles. The van der Waals surface area contributed by atoms with Gasteiger partial charge in [0.2, 0.25) is 0 Å². The highest BCUT2D eigenvalue weighted by Crippen LogP contribution is 2.50. The van der Waals surface area contributed by atoms with Gasteiger partial charge in [0.05, 0.1) is 12.8 Å². The first-order valence-corrected chi connectivity index (χ1v) is 7.61. The molecule has 0 heterocycles. The van der Waals surface area contributed by atoms with E-state index >= 15 is 0 Å². The monoisotopic (exact) mass is 351 g/mol. The Morgan fingerprint density at radius 2 is 1.33 bits per heavy atom. The summed E-state index contributed by atoms with van der Waals surface area (Å²) in [4.78, 5) is 50.2. The number of hydrogen-bond acceptors (Lipinski definition) is 6. The quantitative estimate of drug-likeness (QED) is 0.205. The van der Waals surface area contributed by atoms with Gasteiger partial charge in [-0.25, -0.2) is 4.57 Å². The Labute approximate surface area is 116 Å². The second-order valence-electron chi connectivity index (χ2n) is 3.71. The summed E-state index contributed by atoms with van der Waals surface area (Å²) >= 11 is 0. The van der Waals surface area contributed by atoms with Crippen LogP contribution in [0.2, 0.25) is 0 Å². The van der Waals surface area contributed by atoms with Crippen molar-refractivity contribution in [2.75, 3.05) is 0 Å². The topological polar surface area (TPSA) is 227 Å². The molecule has 0 unspecified atom stereocenters. The molecule has 0 atom stereocenters. The van der Waals surface area contributed by atoms with Gasteiger partial charge in [-0.2, -0.15) is 8.42 Å². The summed E-state index contributed by atoms with van der Waals surface area (Å²) in [6, 6.07) is 0. The van der Waals surface area contributed by atoms with Crippen molar-refractivity contribution in [3.05, 3.63) is 0 Å². The van der Waals surface area contributed by atoms with E-state index in [0.717, 1.165) is 0 Å². The van der Waals surface area contributed by atoms with Crippen LogP contribution in [0, 0.1) is 0 Å². The largest absolute Gasteiger partial charge is 0.481 e. The van der Waals surface area contributed by atoms with Crippen LogP contribution in [0.5, 0.6) is 0 Å². The maximum atomic E-state index is 11.1. The van der Waals surface area contributed by atoms with Crippen molar-refractivity contribution in [3.8, 4) is 0 Å². The van der Waals surface area contributed by atoms with Crippen molar-refractivity contribution in [3.63, 3.8) is 0 Å². The summed E-state index contributed by atoms with van der Waals surface area (Å²) in [6.45, 7) is 0. The molecule has 0 radical (unpaired) electrons. The van der Waals surface area contributed by atoms with Crippen molar-refractivity contribution in [2.45, 2.75) is 18.4 Å². The second kappa shape index (κ2) is 6.05. The minimum Gasteiger partial charge on any atom is -0.481 e. The summed E-state index contributed by atoms with van der Waals surface area (Å²) in [5.41, 5.74) is -3.62. The van der Waals surface area contributed by atoms with Crippen LogP contribution in [0.3, 0.4) is 0 Å². The van der Waals surface area contributed by atoms with Crippen LogP contribution in [0.15, 0.2) is 0 Å². The molecule has 122 valence electrons. The number of rotatable bonds is 8. The first-order chi connectivity index (χ1) is 9.14. The molecular formula is C6H10NO12PS. The van der Waals surface area contributed by atoms with Crippen LogP contribution in [0.4, 0.5) is 0 Å². The van der Waals surface area contributed by atoms with E-state index in [2.05, 4.69) is 0 Å². The van der Waals surface area contributed by atoms with Gasteiger partial charge in [-0.1, -0.05) is 4.08 Å². The zero-order chi connectivity index (χ0) is 17.2. The van der Waals surface area contributed by atoms with Gasteiger partial charge in [-0.3, -0.25) is 18.9 Å². The molecule has 0 aromatic carbocycles. The Morgan fingerprint density at radius 1 is 1.00 bits per heavy atom. The molecule has 21 heavy (non-hydrogen) atoms. The fourth-order valence-electron chi connectivity index (χ4n) is 1.54. The van der Waals surface area contributed by atoms with E-state index in [-0.39, 0.29) is 0 Å². The lowest BCUT2D eigenvalue weighted by Crippen LogP contribution is -2.57. The predicted octanol–water partition coefficient (Wildman–Crippen LogP) is -2.04. The molecule has 0 saturated carbocycles. The van der Waals surface area contributed by atoms with Gasteiger partial charge in [-0.15, -0.1) is 0 Å². The van der Waals surface area contributed by atoms with Gasteiger partial charge in [0.1, 0.15) is 0 Å². The molecule has 0 saturated heterocycles. The molecule has 0 amide bonds. The highest BCUT2D eigenvalue weighted by Gasteiger charge is 2.59. The number of carboxylic acid groups (broad SMARTS) is 3. The van der Waals surface area contributed by atoms with E-state index in [0.29, 0.717) is 0 Å². The highest BCUT2D eigenvalue weighted by atomic mass is 32.2. The molecule has 0 aliphatic rings. The van der Waals surface area contributed by atoms with Gasteiger partial charge in [0.15, 0.2) is 5.54 Å². The van der Waals surface area contributed by atoms with E-state index < -0.39 is 58.4 Å². The van der Waals surface area contributed by atoms with Gasteiger partial charge in [0, 0.05) is 0 Å². The smallest absolute Gasteiger partial charge is 0.419 e. The minimum atomic E-state index is -6.10. The summed E-state index contributed by atoms with van der Waals surface area (Å²) in [6.07, 6.45) is -3.64. The van der Waals surface area contributed by atoms with Crippen molar-refractivity contribution < 1.29 is 57.0 Å². The first-order valence-electron chi connectivity index (χ1n) is 4.65. The standard InChI is InChI=1S/C6H10NO12PS/c8-3(9)1-6(5(12)13,2-4(10)11)7(20(14,15)16)21(17,18)19/h1-2H2,(H,8,9)(H,10,11)(H,12,13)(H2,14,15,16)(H,17,18,19). The van der Waals surface area contributed by atoms with Gasteiger partial charge >= 0.3 is 36.0 Å². The Morgan fingerprint density at radius 3 is 1.48 bits per heavy atom. The van der Waals surface area contributed by atoms with Crippen molar-refractivity contribution in [2.24, 2.45) is 0 Å². The third kappa shape index (κ3) is 4.73. The molecule has 6 N–H and O–H groups in total. The summed E-state index contributed by atoms with van der Waals surface area (Å²) in [5.74, 6) is -6.62. The zero-order valence-electron chi connectivity index (χ0n) is 9.85. The Bertz CT molecular complexity index is 587. The van der Waals surface area contributed by atoms with Gasteiger partial charge in [0.25, 0.3) is 0 Å². The molecular weight excluding hydrogens is 341 g/mol. The van der Waals surface area contributed by atoms with Crippen molar-refractivity contribution in [1.82, 2.24) is 4.08 Å². The lowest BCUT2D eigenvalue weighted by molar-refractivity contribution is -0.158. The van der Waals surface area contributed by atoms with Crippen LogP contribution in [-0.2, 0) is 29.3 Å². The maximum absolute atomic E-state index is 11.1. The van der Waals surface area contributed by atoms with Crippen LogP contribution in [-0.4, -0.2) is 65.6 Å². The van der Waals surface area contributed by atoms with Crippen LogP contribution >= 0.6 is 7.75 Å². The molecule has 0 aliphatic carbocycles. The predicted molar refractivity (Wildman–Crippen MR) is 60.3 cm³/mol. The van der Waals surface area contributed by atoms with Gasteiger partial charge < -0.3 is 25.1 Å². The fourth-order valence-corrected chi connectivity index (χ4v) is 3.99. The number of hydrogen-bond donors (Lipinski definition) is 6. The third-order valence-corrected chi connectivity index (χ3v) is 5.01. The van der Waals surface area contributed by atoms with E-state index in [1.54, 1.807) is 0 Å². The number of aliphatic carboxylic acids is 3. The van der Waals surface area contributed by atoms with E-state index in [1.807, 2.05) is 0 Å². The van der Waals surface area contributed by atoms with Crippen LogP contribution < -0.4 is 0 Å². The average Bonchev–Trinajstić information content (AvgIpc) is 2.08. The third-order valence-electron chi connectivity index (χ3n) is 2.11. The lowest BCUT2D eigenvalue weighted by atomic mass is 9.92. The Balaban J connectivity index is 6.54. The number of nitrogens with zero attached hydrogens (tertiary/aromatic N) is 1. The minimum absolute atomic E-state index is 1.34. The summed E-state index contributed by atoms with van der Waals surface area (Å²) < 4.78 is 40.6. The van der Waals surface area contributed by atoms with Gasteiger partial charge in [-0.05, 0) is 0 Å². The van der Waals surface area contributed by atoms with Crippen molar-refractivity contribution >= 4 is 36.0 Å². The maximum Gasteiger partial charge on any atom is 0.419 e. The van der Waals surface area contributed by atoms with Crippen molar-refractivity contribution in [1.29, 1.82) is 0 Å². The molecule has 0 fully saturated rings. The molecule has 0 spiro atoms. The van der Waals surface area contributed by atoms with E-state index in [4.69, 9.17) is 29.7 Å². The number of carboxylic acids is 3. The lowest BCUT2D eigenvalue weighted by Gasteiger charge is -2.35. The first kappa shape index (κ1) is 19.4. The summed E-state index contributed by atoms with van der Waals surface area (Å²) in [5, 5.41) is 26.1. The Kier molecular flexibility index (Phi) is 5.59. The van der Waals surface area contributed by atoms with E-state index in [9.17, 15) is 27.4 Å². The highest BCUT2D eigenvalue weighted by molar-refractivity contribution is 7.89. The average molecular weight is 351 g/mol. The number of carbonyl (C=O) groups is 3.